The molecule has 1 aliphatic carbocycles. The van der Waals surface area contributed by atoms with Crippen molar-refractivity contribution in [3.63, 3.8) is 0 Å². The van der Waals surface area contributed by atoms with Crippen LogP contribution in [0.5, 0.6) is 0 Å². The molecule has 0 aliphatic heterocycles. The lowest BCUT2D eigenvalue weighted by Gasteiger charge is -2.46. The van der Waals surface area contributed by atoms with E-state index in [0.29, 0.717) is 19.3 Å². The lowest BCUT2D eigenvalue weighted by Crippen LogP contribution is -2.57. The van der Waals surface area contributed by atoms with Gasteiger partial charge in [0.15, 0.2) is 0 Å². The van der Waals surface area contributed by atoms with Gasteiger partial charge in [0, 0.05) is 22.7 Å². The van der Waals surface area contributed by atoms with E-state index in [1.807, 2.05) is 20.8 Å². The molecule has 2 atom stereocenters. The molecule has 2 N–H and O–H groups in total. The first kappa shape index (κ1) is 28.0. The van der Waals surface area contributed by atoms with Gasteiger partial charge in [-0.05, 0) is 45.4 Å². The number of amides is 2. The summed E-state index contributed by atoms with van der Waals surface area (Å²) in [4.78, 5) is 47.1. The van der Waals surface area contributed by atoms with Crippen LogP contribution in [0, 0.1) is 5.41 Å². The van der Waals surface area contributed by atoms with Crippen LogP contribution in [-0.2, 0) is 28.5 Å². The standard InChI is InChI=1S/C23H36N2O8/c1-15(2)18(26)30-8-10-32-20(28)24-17-12-22(5,6)14-23(7,13-17)25-21(29)33-11-9-31-19(27)16(3)4/h17H,1,3,8-14H2,2,4-7H3,(H,24,28)(H,25,29). The van der Waals surface area contributed by atoms with Gasteiger partial charge in [-0.25, -0.2) is 19.2 Å². The molecule has 33 heavy (non-hydrogen) atoms. The topological polar surface area (TPSA) is 129 Å². The molecule has 2 amide bonds. The average Bonchev–Trinajstić information content (AvgIpc) is 2.65. The highest BCUT2D eigenvalue weighted by atomic mass is 16.6. The molecule has 0 aromatic carbocycles. The third-order valence-corrected chi connectivity index (χ3v) is 4.89. The fourth-order valence-corrected chi connectivity index (χ4v) is 3.96. The minimum Gasteiger partial charge on any atom is -0.459 e. The zero-order chi connectivity index (χ0) is 25.2. The maximum atomic E-state index is 12.3. The number of ether oxygens (including phenoxy) is 4. The zero-order valence-corrected chi connectivity index (χ0v) is 20.2. The summed E-state index contributed by atoms with van der Waals surface area (Å²) < 4.78 is 20.0. The molecule has 0 saturated heterocycles. The third kappa shape index (κ3) is 10.9. The van der Waals surface area contributed by atoms with Gasteiger partial charge in [0.05, 0.1) is 0 Å². The molecule has 0 aromatic rings. The fraction of sp³-hybridized carbons (Fsp3) is 0.652. The van der Waals surface area contributed by atoms with Crippen LogP contribution < -0.4 is 10.6 Å². The van der Waals surface area contributed by atoms with E-state index in [1.165, 1.54) is 13.8 Å². The van der Waals surface area contributed by atoms with Crippen LogP contribution >= 0.6 is 0 Å². The van der Waals surface area contributed by atoms with Gasteiger partial charge in [-0.3, -0.25) is 0 Å². The van der Waals surface area contributed by atoms with E-state index in [4.69, 9.17) is 18.9 Å². The van der Waals surface area contributed by atoms with Crippen molar-refractivity contribution in [3.05, 3.63) is 24.3 Å². The van der Waals surface area contributed by atoms with Crippen LogP contribution in [0.25, 0.3) is 0 Å². The van der Waals surface area contributed by atoms with Gasteiger partial charge >= 0.3 is 24.1 Å². The monoisotopic (exact) mass is 468 g/mol. The van der Waals surface area contributed by atoms with Crippen molar-refractivity contribution < 1.29 is 38.1 Å². The number of hydrogen-bond acceptors (Lipinski definition) is 8. The summed E-state index contributed by atoms with van der Waals surface area (Å²) in [7, 11) is 0. The van der Waals surface area contributed by atoms with Gasteiger partial charge in [0.1, 0.15) is 26.4 Å². The molecule has 1 rings (SSSR count). The summed E-state index contributed by atoms with van der Waals surface area (Å²) in [6.45, 7) is 15.7. The first-order chi connectivity index (χ1) is 15.2. The molecule has 1 aliphatic rings. The van der Waals surface area contributed by atoms with Crippen LogP contribution in [0.2, 0.25) is 0 Å². The van der Waals surface area contributed by atoms with Gasteiger partial charge < -0.3 is 29.6 Å². The van der Waals surface area contributed by atoms with Crippen LogP contribution in [0.1, 0.15) is 53.9 Å². The first-order valence-electron chi connectivity index (χ1n) is 10.8. The molecule has 1 fully saturated rings. The Morgan fingerprint density at radius 3 is 1.73 bits per heavy atom. The Balaban J connectivity index is 2.50. The molecular weight excluding hydrogens is 432 g/mol. The Morgan fingerprint density at radius 2 is 1.24 bits per heavy atom. The lowest BCUT2D eigenvalue weighted by molar-refractivity contribution is -0.140. The molecule has 0 aromatic heterocycles. The minimum absolute atomic E-state index is 0.0674. The quantitative estimate of drug-likeness (QED) is 0.217. The number of hydrogen-bond donors (Lipinski definition) is 2. The van der Waals surface area contributed by atoms with Crippen molar-refractivity contribution in [1.29, 1.82) is 0 Å². The van der Waals surface area contributed by atoms with E-state index in [2.05, 4.69) is 23.8 Å². The second-order valence-electron chi connectivity index (χ2n) is 9.38. The van der Waals surface area contributed by atoms with Gasteiger partial charge in [0.25, 0.3) is 0 Å². The molecule has 0 spiro atoms. The van der Waals surface area contributed by atoms with Crippen molar-refractivity contribution in [2.75, 3.05) is 26.4 Å². The van der Waals surface area contributed by atoms with E-state index in [9.17, 15) is 19.2 Å². The van der Waals surface area contributed by atoms with E-state index < -0.39 is 29.7 Å². The summed E-state index contributed by atoms with van der Waals surface area (Å²) in [5.41, 5.74) is -0.280. The van der Waals surface area contributed by atoms with Crippen molar-refractivity contribution >= 4 is 24.1 Å². The molecule has 0 heterocycles. The SMILES string of the molecule is C=C(C)C(=O)OCCOC(=O)NC1CC(C)(C)CC(C)(NC(=O)OCCOC(=O)C(=C)C)C1. The lowest BCUT2D eigenvalue weighted by atomic mass is 9.67. The Kier molecular flexibility index (Phi) is 10.4. The third-order valence-electron chi connectivity index (χ3n) is 4.89. The predicted octanol–water partition coefficient (Wildman–Crippen LogP) is 3.01. The summed E-state index contributed by atoms with van der Waals surface area (Å²) in [6, 6.07) is -0.249. The van der Waals surface area contributed by atoms with Crippen LogP contribution in [-0.4, -0.2) is 62.1 Å². The van der Waals surface area contributed by atoms with Crippen molar-refractivity contribution in [2.45, 2.75) is 65.5 Å². The molecule has 1 saturated carbocycles. The van der Waals surface area contributed by atoms with Crippen LogP contribution in [0.4, 0.5) is 9.59 Å². The van der Waals surface area contributed by atoms with Crippen molar-refractivity contribution in [1.82, 2.24) is 10.6 Å². The number of alkyl carbamates (subject to hydrolysis) is 2. The predicted molar refractivity (Wildman–Crippen MR) is 120 cm³/mol. The Labute approximate surface area is 195 Å². The summed E-state index contributed by atoms with van der Waals surface area (Å²) in [5.74, 6) is -1.09. The van der Waals surface area contributed by atoms with E-state index in [0.717, 1.165) is 0 Å². The summed E-state index contributed by atoms with van der Waals surface area (Å²) >= 11 is 0. The highest BCUT2D eigenvalue weighted by Gasteiger charge is 2.43. The van der Waals surface area contributed by atoms with E-state index in [1.54, 1.807) is 0 Å². The van der Waals surface area contributed by atoms with Crippen molar-refractivity contribution in [2.24, 2.45) is 5.41 Å². The molecule has 10 heteroatoms. The van der Waals surface area contributed by atoms with E-state index in [-0.39, 0.29) is 49.0 Å². The van der Waals surface area contributed by atoms with Gasteiger partial charge in [-0.2, -0.15) is 0 Å². The Bertz CT molecular complexity index is 776. The van der Waals surface area contributed by atoms with Gasteiger partial charge in [-0.15, -0.1) is 0 Å². The number of carbonyl (C=O) groups is 4. The first-order valence-corrected chi connectivity index (χ1v) is 10.8. The smallest absolute Gasteiger partial charge is 0.407 e. The summed E-state index contributed by atoms with van der Waals surface area (Å²) in [5, 5.41) is 5.68. The maximum absolute atomic E-state index is 12.3. The Hall–Kier alpha value is -3.04. The van der Waals surface area contributed by atoms with Crippen LogP contribution in [0.3, 0.4) is 0 Å². The zero-order valence-electron chi connectivity index (χ0n) is 20.2. The van der Waals surface area contributed by atoms with Gasteiger partial charge in [0.2, 0.25) is 0 Å². The molecule has 10 nitrogen and oxygen atoms in total. The number of esters is 2. The van der Waals surface area contributed by atoms with E-state index >= 15 is 0 Å². The normalized spacial score (nSPS) is 21.2. The number of carbonyl (C=O) groups excluding carboxylic acids is 4. The second kappa shape index (κ2) is 12.3. The summed E-state index contributed by atoms with van der Waals surface area (Å²) in [6.07, 6.45) is 0.561. The number of rotatable bonds is 10. The molecule has 2 unspecified atom stereocenters. The fourth-order valence-electron chi connectivity index (χ4n) is 3.96. The van der Waals surface area contributed by atoms with Gasteiger partial charge in [-0.1, -0.05) is 27.0 Å². The average molecular weight is 469 g/mol. The molecule has 0 radical (unpaired) electrons. The number of nitrogens with one attached hydrogen (secondary N) is 2. The minimum atomic E-state index is -0.637. The molecule has 0 bridgehead atoms. The largest absolute Gasteiger partial charge is 0.459 e. The second-order valence-corrected chi connectivity index (χ2v) is 9.38. The highest BCUT2D eigenvalue weighted by Crippen LogP contribution is 2.41. The molecular formula is C23H36N2O8. The van der Waals surface area contributed by atoms with Crippen molar-refractivity contribution in [3.8, 4) is 0 Å². The van der Waals surface area contributed by atoms with Crippen LogP contribution in [0.15, 0.2) is 24.3 Å². The molecule has 186 valence electrons. The highest BCUT2D eigenvalue weighted by molar-refractivity contribution is 5.87. The maximum Gasteiger partial charge on any atom is 0.407 e. The Morgan fingerprint density at radius 1 is 0.788 bits per heavy atom.